The Balaban J connectivity index is 1.01. The van der Waals surface area contributed by atoms with Crippen LogP contribution in [-0.4, -0.2) is 94.3 Å². The SMILES string of the molecule is CC(C)[Si](Oc1ccc(-n2nc(C(C)(C)C)cc2NC(=O)N[C@H]2CC[C@@H](CCc3ccc4nnc(N5CCCC[C@@H]5C)n4c3)c3ccccc32)cc1CN1CCN(C)CC1)(C(C)C)C(C)C. The van der Waals surface area contributed by atoms with Crippen LogP contribution in [-0.2, 0) is 18.4 Å². The number of piperidine rings is 1. The van der Waals surface area contributed by atoms with E-state index in [0.29, 0.717) is 34.4 Å². The van der Waals surface area contributed by atoms with Gasteiger partial charge in [-0.15, -0.1) is 10.2 Å². The largest absolute Gasteiger partial charge is 0.542 e. The van der Waals surface area contributed by atoms with E-state index in [4.69, 9.17) is 9.52 Å². The predicted molar refractivity (Wildman–Crippen MR) is 272 cm³/mol. The van der Waals surface area contributed by atoms with E-state index in [1.54, 1.807) is 0 Å². The number of carbonyl (C=O) groups is 1. The van der Waals surface area contributed by atoms with Gasteiger partial charge in [0.1, 0.15) is 11.6 Å². The number of hydrogen-bond acceptors (Lipinski definition) is 8. The zero-order valence-electron chi connectivity index (χ0n) is 41.9. The molecule has 0 spiro atoms. The maximum atomic E-state index is 14.2. The molecule has 0 unspecified atom stereocenters. The minimum atomic E-state index is -2.24. The van der Waals surface area contributed by atoms with E-state index in [0.717, 1.165) is 93.7 Å². The molecular weight excluding hydrogens is 837 g/mol. The Bertz CT molecular complexity index is 2420. The van der Waals surface area contributed by atoms with E-state index >= 15 is 0 Å². The first-order valence-electron chi connectivity index (χ1n) is 25.1. The molecule has 0 radical (unpaired) electrons. The van der Waals surface area contributed by atoms with Crippen molar-refractivity contribution in [3.63, 3.8) is 0 Å². The average Bonchev–Trinajstić information content (AvgIpc) is 3.91. The summed E-state index contributed by atoms with van der Waals surface area (Å²) in [6, 6.07) is 21.8. The van der Waals surface area contributed by atoms with E-state index in [1.165, 1.54) is 41.5 Å². The number of aromatic nitrogens is 5. The Kier molecular flexibility index (Phi) is 14.4. The van der Waals surface area contributed by atoms with E-state index < -0.39 is 8.32 Å². The highest BCUT2D eigenvalue weighted by molar-refractivity contribution is 6.78. The quantitative estimate of drug-likeness (QED) is 0.106. The minimum Gasteiger partial charge on any atom is -0.542 e. The summed E-state index contributed by atoms with van der Waals surface area (Å²) < 4.78 is 11.5. The monoisotopic (exact) mass is 915 g/mol. The molecule has 2 fully saturated rings. The van der Waals surface area contributed by atoms with E-state index in [1.807, 2.05) is 10.7 Å². The summed E-state index contributed by atoms with van der Waals surface area (Å²) in [6.07, 6.45) is 9.77. The third kappa shape index (κ3) is 10.1. The van der Waals surface area contributed by atoms with Gasteiger partial charge in [-0.2, -0.15) is 5.10 Å². The van der Waals surface area contributed by atoms with Gasteiger partial charge >= 0.3 is 6.03 Å². The van der Waals surface area contributed by atoms with E-state index in [-0.39, 0.29) is 17.5 Å². The lowest BCUT2D eigenvalue weighted by atomic mass is 9.77. The predicted octanol–water partition coefficient (Wildman–Crippen LogP) is 11.3. The van der Waals surface area contributed by atoms with Crippen LogP contribution in [0.2, 0.25) is 16.6 Å². The molecule has 2 N–H and O–H groups in total. The molecule has 8 rings (SSSR count). The second-order valence-corrected chi connectivity index (χ2v) is 27.1. The van der Waals surface area contributed by atoms with Crippen molar-refractivity contribution in [1.82, 2.24) is 39.5 Å². The van der Waals surface area contributed by atoms with Crippen molar-refractivity contribution < 1.29 is 9.22 Å². The molecule has 12 nitrogen and oxygen atoms in total. The second-order valence-electron chi connectivity index (χ2n) is 21.8. The lowest BCUT2D eigenvalue weighted by molar-refractivity contribution is 0.147. The first kappa shape index (κ1) is 47.8. The van der Waals surface area contributed by atoms with Crippen LogP contribution in [0.4, 0.5) is 16.6 Å². The maximum Gasteiger partial charge on any atom is 0.320 e. The maximum absolute atomic E-state index is 14.2. The number of nitrogens with zero attached hydrogens (tertiary/aromatic N) is 8. The number of likely N-dealkylation sites (N-methyl/N-ethyl adjacent to an activating group) is 1. The lowest BCUT2D eigenvalue weighted by Gasteiger charge is -2.43. The zero-order chi connectivity index (χ0) is 46.9. The Morgan fingerprint density at radius 3 is 2.27 bits per heavy atom. The topological polar surface area (TPSA) is 108 Å². The minimum absolute atomic E-state index is 0.0997. The van der Waals surface area contributed by atoms with Crippen molar-refractivity contribution >= 4 is 31.8 Å². The van der Waals surface area contributed by atoms with Crippen LogP contribution in [0.25, 0.3) is 11.3 Å². The molecule has 356 valence electrons. The lowest BCUT2D eigenvalue weighted by Crippen LogP contribution is -2.51. The number of hydrogen-bond donors (Lipinski definition) is 2. The van der Waals surface area contributed by atoms with E-state index in [9.17, 15) is 4.79 Å². The fourth-order valence-electron chi connectivity index (χ4n) is 11.4. The summed E-state index contributed by atoms with van der Waals surface area (Å²) in [6.45, 7) is 28.8. The zero-order valence-corrected chi connectivity index (χ0v) is 42.9. The van der Waals surface area contributed by atoms with Gasteiger partial charge in [0.25, 0.3) is 8.32 Å². The molecule has 0 bridgehead atoms. The number of amides is 2. The van der Waals surface area contributed by atoms with Crippen LogP contribution in [0, 0.1) is 0 Å². The highest BCUT2D eigenvalue weighted by atomic mass is 28.4. The smallest absolute Gasteiger partial charge is 0.320 e. The Labute approximate surface area is 396 Å². The van der Waals surface area contributed by atoms with Crippen LogP contribution in [0.1, 0.15) is 148 Å². The Morgan fingerprint density at radius 1 is 0.848 bits per heavy atom. The normalized spacial score (nSPS) is 20.1. The van der Waals surface area contributed by atoms with Gasteiger partial charge in [0.05, 0.1) is 17.4 Å². The van der Waals surface area contributed by atoms with Gasteiger partial charge in [-0.3, -0.25) is 14.6 Å². The Morgan fingerprint density at radius 2 is 1.58 bits per heavy atom. The van der Waals surface area contributed by atoms with Crippen molar-refractivity contribution in [2.24, 2.45) is 0 Å². The molecule has 5 aromatic rings. The molecule has 2 amide bonds. The first-order valence-corrected chi connectivity index (χ1v) is 27.3. The van der Waals surface area contributed by atoms with Crippen molar-refractivity contribution in [3.05, 3.63) is 94.8 Å². The number of nitrogens with one attached hydrogen (secondary N) is 2. The Hall–Kier alpha value is -4.72. The fraction of sp³-hybridized carbons (Fsp3) is 0.585. The van der Waals surface area contributed by atoms with Crippen LogP contribution in [0.15, 0.2) is 66.9 Å². The third-order valence-electron chi connectivity index (χ3n) is 15.2. The van der Waals surface area contributed by atoms with Crippen LogP contribution in [0.3, 0.4) is 0 Å². The number of rotatable bonds is 14. The molecule has 5 heterocycles. The summed E-state index contributed by atoms with van der Waals surface area (Å²) >= 11 is 0. The molecule has 3 aliphatic rings. The molecule has 66 heavy (non-hydrogen) atoms. The highest BCUT2D eigenvalue weighted by Crippen LogP contribution is 2.44. The summed E-state index contributed by atoms with van der Waals surface area (Å²) in [5.41, 5.74) is 8.85. The van der Waals surface area contributed by atoms with Gasteiger partial charge in [0, 0.05) is 68.6 Å². The summed E-state index contributed by atoms with van der Waals surface area (Å²) in [4.78, 5) is 21.6. The van der Waals surface area contributed by atoms with Crippen molar-refractivity contribution in [3.8, 4) is 11.4 Å². The standard InChI is InChI=1S/C53H78N10O2Si/c1-36(2)66(37(3)4,38(5)6)65-47-25-23-43(32-42(47)35-60-30-28-59(11)29-31-60)63-50(33-48(58-63)53(8,9)10)55-51(64)54-46-24-22-41(44-17-12-13-18-45(44)46)21-19-40-20-26-49-56-57-52(62(49)34-40)61-27-15-14-16-39(61)7/h12-13,17-18,20,23,25-26,32-34,36-39,41,46H,14-16,19,21-22,24,27-31,35H2,1-11H3,(H2,54,55,64)/t39-,41+,46-/m0/s1. The van der Waals surface area contributed by atoms with Gasteiger partial charge in [0.2, 0.25) is 5.95 Å². The van der Waals surface area contributed by atoms with Gasteiger partial charge in [-0.25, -0.2) is 9.48 Å². The number of benzene rings is 2. The molecule has 2 aromatic carbocycles. The van der Waals surface area contributed by atoms with Gasteiger partial charge in [0.15, 0.2) is 5.65 Å². The van der Waals surface area contributed by atoms with Crippen LogP contribution < -0.4 is 20.0 Å². The van der Waals surface area contributed by atoms with Crippen molar-refractivity contribution in [2.45, 2.75) is 161 Å². The fourth-order valence-corrected chi connectivity index (χ4v) is 16.7. The summed E-state index contributed by atoms with van der Waals surface area (Å²) in [5, 5.41) is 21.0. The van der Waals surface area contributed by atoms with Gasteiger partial charge in [-0.1, -0.05) is 92.6 Å². The first-order chi connectivity index (χ1) is 31.5. The third-order valence-corrected chi connectivity index (χ3v) is 21.2. The number of aryl methyl sites for hydroxylation is 1. The molecule has 2 saturated heterocycles. The second kappa shape index (κ2) is 19.9. The highest BCUT2D eigenvalue weighted by Gasteiger charge is 2.47. The van der Waals surface area contributed by atoms with Gasteiger partial charge in [-0.05, 0) is 122 Å². The van der Waals surface area contributed by atoms with Crippen molar-refractivity contribution in [1.29, 1.82) is 0 Å². The molecular formula is C53H78N10O2Si. The number of carbonyl (C=O) groups excluding carboxylic acids is 1. The molecule has 3 atom stereocenters. The molecule has 1 aliphatic carbocycles. The molecule has 3 aromatic heterocycles. The number of anilines is 2. The number of urea groups is 1. The molecule has 2 aliphatic heterocycles. The molecule has 13 heteroatoms. The summed E-state index contributed by atoms with van der Waals surface area (Å²) in [5.74, 6) is 3.00. The number of fused-ring (bicyclic) bond motifs is 2. The number of piperazine rings is 1. The van der Waals surface area contributed by atoms with Crippen LogP contribution in [0.5, 0.6) is 5.75 Å². The summed E-state index contributed by atoms with van der Waals surface area (Å²) in [7, 11) is -0.0330. The van der Waals surface area contributed by atoms with E-state index in [2.05, 4.69) is 177 Å². The van der Waals surface area contributed by atoms with Crippen molar-refractivity contribution in [2.75, 3.05) is 50.0 Å². The van der Waals surface area contributed by atoms with Gasteiger partial charge < -0.3 is 19.5 Å². The van der Waals surface area contributed by atoms with Crippen LogP contribution >= 0.6 is 0 Å². The number of pyridine rings is 1. The average molecular weight is 915 g/mol. The molecule has 0 saturated carbocycles.